The molecule has 0 atom stereocenters. The molecule has 2 aromatic rings. The number of aryl methyl sites for hydroxylation is 1. The normalized spacial score (nSPS) is 12.9. The van der Waals surface area contributed by atoms with Crippen LogP contribution in [0, 0.1) is 11.3 Å². The predicted octanol–water partition coefficient (Wildman–Crippen LogP) is 2.78. The van der Waals surface area contributed by atoms with E-state index in [9.17, 15) is 21.6 Å². The van der Waals surface area contributed by atoms with Crippen molar-refractivity contribution >= 4 is 15.9 Å². The fraction of sp³-hybridized carbons (Fsp3) is 0.143. The maximum Gasteiger partial charge on any atom is 0.416 e. The van der Waals surface area contributed by atoms with E-state index >= 15 is 0 Å². The number of hydrogen-bond acceptors (Lipinski definition) is 4. The monoisotopic (exact) mass is 341 g/mol. The quantitative estimate of drug-likeness (QED) is 0.805. The summed E-state index contributed by atoms with van der Waals surface area (Å²) in [7, 11) is -2.69. The fourth-order valence-corrected chi connectivity index (χ4v) is 3.05. The van der Waals surface area contributed by atoms with E-state index in [1.807, 2.05) is 0 Å². The highest BCUT2D eigenvalue weighted by Crippen LogP contribution is 2.29. The van der Waals surface area contributed by atoms with Gasteiger partial charge in [-0.3, -0.25) is 0 Å². The summed E-state index contributed by atoms with van der Waals surface area (Å²) in [6.07, 6.45) is -0.816. The second kappa shape index (κ2) is 5.89. The molecular weight excluding hydrogens is 331 g/mol. The number of nitriles is 1. The summed E-state index contributed by atoms with van der Waals surface area (Å²) < 4.78 is 63.4. The third-order valence-corrected chi connectivity index (χ3v) is 4.62. The SMILES string of the molecule is Cn1ccnc1S(=O)(=O)C(C#N)=Cc1ccc(C(F)(F)F)cc1. The number of sulfone groups is 1. The molecule has 23 heavy (non-hydrogen) atoms. The summed E-state index contributed by atoms with van der Waals surface area (Å²) in [6.45, 7) is 0. The second-order valence-corrected chi connectivity index (χ2v) is 6.38. The van der Waals surface area contributed by atoms with Crippen LogP contribution in [0.3, 0.4) is 0 Å². The molecule has 0 amide bonds. The van der Waals surface area contributed by atoms with Gasteiger partial charge in [-0.2, -0.15) is 18.4 Å². The number of hydrogen-bond donors (Lipinski definition) is 0. The van der Waals surface area contributed by atoms with Crippen molar-refractivity contribution in [1.82, 2.24) is 9.55 Å². The Hall–Kier alpha value is -2.60. The number of nitrogens with zero attached hydrogens (tertiary/aromatic N) is 3. The zero-order valence-corrected chi connectivity index (χ0v) is 12.6. The van der Waals surface area contributed by atoms with Gasteiger partial charge in [0, 0.05) is 19.4 Å². The molecule has 1 aromatic heterocycles. The Balaban J connectivity index is 2.44. The summed E-state index contributed by atoms with van der Waals surface area (Å²) in [5.41, 5.74) is -0.701. The molecule has 0 saturated carbocycles. The highest BCUT2D eigenvalue weighted by molar-refractivity contribution is 7.95. The lowest BCUT2D eigenvalue weighted by atomic mass is 10.1. The molecule has 0 radical (unpaired) electrons. The Kier molecular flexibility index (Phi) is 4.29. The maximum atomic E-state index is 12.5. The molecule has 0 aliphatic carbocycles. The highest BCUT2D eigenvalue weighted by Gasteiger charge is 2.30. The van der Waals surface area contributed by atoms with E-state index in [0.29, 0.717) is 0 Å². The van der Waals surface area contributed by atoms with Gasteiger partial charge in [0.2, 0.25) is 15.0 Å². The zero-order valence-electron chi connectivity index (χ0n) is 11.7. The fourth-order valence-electron chi connectivity index (χ4n) is 1.80. The molecule has 0 unspecified atom stereocenters. The molecule has 1 aromatic carbocycles. The molecule has 9 heteroatoms. The van der Waals surface area contributed by atoms with Crippen LogP contribution in [-0.2, 0) is 23.1 Å². The van der Waals surface area contributed by atoms with Gasteiger partial charge in [-0.25, -0.2) is 13.4 Å². The molecule has 1 heterocycles. The second-order valence-electron chi connectivity index (χ2n) is 4.56. The van der Waals surface area contributed by atoms with E-state index in [1.165, 1.54) is 24.0 Å². The first-order chi connectivity index (χ1) is 10.7. The lowest BCUT2D eigenvalue weighted by molar-refractivity contribution is -0.137. The molecule has 5 nitrogen and oxygen atoms in total. The van der Waals surface area contributed by atoms with E-state index in [2.05, 4.69) is 4.98 Å². The number of halogens is 3. The van der Waals surface area contributed by atoms with E-state index in [1.54, 1.807) is 6.07 Å². The minimum absolute atomic E-state index is 0.160. The summed E-state index contributed by atoms with van der Waals surface area (Å²) in [6, 6.07) is 5.36. The summed E-state index contributed by atoms with van der Waals surface area (Å²) >= 11 is 0. The van der Waals surface area contributed by atoms with Gasteiger partial charge in [0.15, 0.2) is 4.91 Å². The third kappa shape index (κ3) is 3.43. The van der Waals surface area contributed by atoms with Crippen LogP contribution >= 0.6 is 0 Å². The van der Waals surface area contributed by atoms with E-state index in [-0.39, 0.29) is 10.7 Å². The Bertz CT molecular complexity index is 889. The van der Waals surface area contributed by atoms with Crippen molar-refractivity contribution in [1.29, 1.82) is 5.26 Å². The lowest BCUT2D eigenvalue weighted by Gasteiger charge is -2.06. The van der Waals surface area contributed by atoms with E-state index < -0.39 is 26.5 Å². The number of alkyl halides is 3. The Morgan fingerprint density at radius 2 is 1.91 bits per heavy atom. The van der Waals surface area contributed by atoms with Crippen molar-refractivity contribution in [2.24, 2.45) is 7.05 Å². The average Bonchev–Trinajstić information content (AvgIpc) is 2.91. The number of rotatable bonds is 3. The number of imidazole rings is 1. The molecule has 120 valence electrons. The van der Waals surface area contributed by atoms with Gasteiger partial charge < -0.3 is 4.57 Å². The van der Waals surface area contributed by atoms with Gasteiger partial charge in [-0.15, -0.1) is 0 Å². The summed E-state index contributed by atoms with van der Waals surface area (Å²) in [5.74, 6) is 0. The first-order valence-corrected chi connectivity index (χ1v) is 7.66. The maximum absolute atomic E-state index is 12.5. The average molecular weight is 341 g/mol. The minimum atomic E-state index is -4.49. The molecule has 0 aliphatic rings. The van der Waals surface area contributed by atoms with Gasteiger partial charge in [-0.05, 0) is 23.8 Å². The predicted molar refractivity (Wildman–Crippen MR) is 75.4 cm³/mol. The third-order valence-electron chi connectivity index (χ3n) is 2.95. The smallest absolute Gasteiger partial charge is 0.325 e. The van der Waals surface area contributed by atoms with Crippen molar-refractivity contribution in [3.63, 3.8) is 0 Å². The Morgan fingerprint density at radius 3 is 2.35 bits per heavy atom. The van der Waals surface area contributed by atoms with Crippen molar-refractivity contribution in [3.05, 3.63) is 52.7 Å². The van der Waals surface area contributed by atoms with Crippen LogP contribution in [0.25, 0.3) is 6.08 Å². The summed E-state index contributed by atoms with van der Waals surface area (Å²) in [5, 5.41) is 8.76. The van der Waals surface area contributed by atoms with Crippen LogP contribution in [-0.4, -0.2) is 18.0 Å². The van der Waals surface area contributed by atoms with Crippen LogP contribution in [0.2, 0.25) is 0 Å². The first-order valence-electron chi connectivity index (χ1n) is 6.18. The molecule has 0 aliphatic heterocycles. The topological polar surface area (TPSA) is 75.8 Å². The van der Waals surface area contributed by atoms with Crippen LogP contribution in [0.5, 0.6) is 0 Å². The Labute approximate surface area is 130 Å². The van der Waals surface area contributed by atoms with Gasteiger partial charge in [-0.1, -0.05) is 12.1 Å². The molecule has 0 N–H and O–H groups in total. The van der Waals surface area contributed by atoms with E-state index in [0.717, 1.165) is 30.3 Å². The molecule has 0 saturated heterocycles. The number of allylic oxidation sites excluding steroid dienone is 1. The van der Waals surface area contributed by atoms with Gasteiger partial charge in [0.1, 0.15) is 6.07 Å². The first kappa shape index (κ1) is 16.8. The van der Waals surface area contributed by atoms with Crippen molar-refractivity contribution in [2.45, 2.75) is 11.3 Å². The van der Waals surface area contributed by atoms with Crippen molar-refractivity contribution < 1.29 is 21.6 Å². The highest BCUT2D eigenvalue weighted by atomic mass is 32.2. The van der Waals surface area contributed by atoms with E-state index in [4.69, 9.17) is 5.26 Å². The minimum Gasteiger partial charge on any atom is -0.325 e. The van der Waals surface area contributed by atoms with Gasteiger partial charge in [0.05, 0.1) is 5.56 Å². The largest absolute Gasteiger partial charge is 0.416 e. The zero-order chi connectivity index (χ0) is 17.3. The molecule has 0 fully saturated rings. The molecule has 0 bridgehead atoms. The lowest BCUT2D eigenvalue weighted by Crippen LogP contribution is -2.10. The number of aromatic nitrogens is 2. The Morgan fingerprint density at radius 1 is 1.30 bits per heavy atom. The van der Waals surface area contributed by atoms with Gasteiger partial charge in [0.25, 0.3) is 0 Å². The number of benzene rings is 1. The van der Waals surface area contributed by atoms with Crippen molar-refractivity contribution in [2.75, 3.05) is 0 Å². The van der Waals surface area contributed by atoms with Crippen molar-refractivity contribution in [3.8, 4) is 6.07 Å². The van der Waals surface area contributed by atoms with Crippen LogP contribution in [0.4, 0.5) is 13.2 Å². The summed E-state index contributed by atoms with van der Waals surface area (Å²) in [4.78, 5) is 3.07. The molecular formula is C14H10F3N3O2S. The van der Waals surface area contributed by atoms with Crippen LogP contribution < -0.4 is 0 Å². The van der Waals surface area contributed by atoms with Crippen LogP contribution in [0.15, 0.2) is 46.7 Å². The standard InChI is InChI=1S/C14H10F3N3O2S/c1-20-7-6-19-13(20)23(21,22)12(9-18)8-10-2-4-11(5-3-10)14(15,16)17/h2-8H,1H3. The molecule has 2 rings (SSSR count). The van der Waals surface area contributed by atoms with Gasteiger partial charge >= 0.3 is 6.18 Å². The molecule has 0 spiro atoms. The van der Waals surface area contributed by atoms with Crippen LogP contribution in [0.1, 0.15) is 11.1 Å².